The smallest absolute Gasteiger partial charge is 0.244 e. The molecular weight excluding hydrogens is 450 g/mol. The van der Waals surface area contributed by atoms with E-state index in [1.165, 1.54) is 4.90 Å². The molecule has 0 aliphatic heterocycles. The summed E-state index contributed by atoms with van der Waals surface area (Å²) in [6.07, 6.45) is 1.06. The molecule has 2 aromatic rings. The van der Waals surface area contributed by atoms with E-state index in [0.717, 1.165) is 21.7 Å². The Kier molecular flexibility index (Phi) is 8.69. The molecule has 0 fully saturated rings. The van der Waals surface area contributed by atoms with Gasteiger partial charge in [-0.2, -0.15) is 0 Å². The van der Waals surface area contributed by atoms with Crippen LogP contribution in [-0.2, 0) is 26.2 Å². The summed E-state index contributed by atoms with van der Waals surface area (Å²) in [6, 6.07) is 13.0. The van der Waals surface area contributed by atoms with Crippen LogP contribution < -0.4 is 9.62 Å². The van der Waals surface area contributed by atoms with Crippen molar-refractivity contribution >= 4 is 39.1 Å². The van der Waals surface area contributed by atoms with Crippen molar-refractivity contribution in [3.63, 3.8) is 0 Å². The van der Waals surface area contributed by atoms with Gasteiger partial charge in [-0.05, 0) is 57.0 Å². The van der Waals surface area contributed by atoms with E-state index in [0.29, 0.717) is 10.7 Å². The van der Waals surface area contributed by atoms with Gasteiger partial charge in [0.1, 0.15) is 12.6 Å². The quantitative estimate of drug-likeness (QED) is 0.597. The lowest BCUT2D eigenvalue weighted by atomic mass is 10.1. The van der Waals surface area contributed by atoms with Crippen molar-refractivity contribution in [1.29, 1.82) is 0 Å². The molecule has 0 saturated carbocycles. The molecule has 0 saturated heterocycles. The molecule has 9 heteroatoms. The van der Waals surface area contributed by atoms with Crippen LogP contribution in [0.3, 0.4) is 0 Å². The maximum Gasteiger partial charge on any atom is 0.244 e. The first-order valence-electron chi connectivity index (χ1n) is 10.3. The van der Waals surface area contributed by atoms with Crippen LogP contribution in [0.2, 0.25) is 5.02 Å². The summed E-state index contributed by atoms with van der Waals surface area (Å²) in [5, 5.41) is 3.37. The molecule has 7 nitrogen and oxygen atoms in total. The Hall–Kier alpha value is -2.58. The fraction of sp³-hybridized carbons (Fsp3) is 0.391. The number of nitrogens with zero attached hydrogens (tertiary/aromatic N) is 2. The second-order valence-corrected chi connectivity index (χ2v) is 10.4. The minimum atomic E-state index is -3.74. The van der Waals surface area contributed by atoms with Gasteiger partial charge in [0, 0.05) is 17.6 Å². The Balaban J connectivity index is 2.39. The van der Waals surface area contributed by atoms with Gasteiger partial charge >= 0.3 is 0 Å². The van der Waals surface area contributed by atoms with Crippen molar-refractivity contribution in [2.45, 2.75) is 46.3 Å². The number of nitrogens with one attached hydrogen (secondary N) is 1. The van der Waals surface area contributed by atoms with Crippen LogP contribution in [0.5, 0.6) is 0 Å². The normalized spacial score (nSPS) is 12.3. The lowest BCUT2D eigenvalue weighted by molar-refractivity contribution is -0.139. The van der Waals surface area contributed by atoms with Crippen molar-refractivity contribution in [2.24, 2.45) is 0 Å². The Morgan fingerprint density at radius 1 is 1.03 bits per heavy atom. The molecule has 1 atom stereocenters. The summed E-state index contributed by atoms with van der Waals surface area (Å²) in [4.78, 5) is 27.5. The van der Waals surface area contributed by atoms with Crippen molar-refractivity contribution in [3.05, 3.63) is 64.7 Å². The monoisotopic (exact) mass is 479 g/mol. The van der Waals surface area contributed by atoms with Gasteiger partial charge in [0.15, 0.2) is 0 Å². The zero-order chi connectivity index (χ0) is 24.1. The number of hydrogen-bond acceptors (Lipinski definition) is 4. The number of amides is 2. The van der Waals surface area contributed by atoms with Gasteiger partial charge in [0.2, 0.25) is 21.8 Å². The average Bonchev–Trinajstić information content (AvgIpc) is 2.70. The van der Waals surface area contributed by atoms with Gasteiger partial charge in [0.25, 0.3) is 0 Å². The number of carbonyl (C=O) groups is 2. The van der Waals surface area contributed by atoms with E-state index in [1.54, 1.807) is 62.4 Å². The van der Waals surface area contributed by atoms with Crippen molar-refractivity contribution in [2.75, 3.05) is 17.1 Å². The Bertz CT molecular complexity index is 1060. The summed E-state index contributed by atoms with van der Waals surface area (Å²) in [7, 11) is -3.74. The fourth-order valence-corrected chi connectivity index (χ4v) is 4.25. The highest BCUT2D eigenvalue weighted by Gasteiger charge is 2.30. The van der Waals surface area contributed by atoms with Gasteiger partial charge in [-0.1, -0.05) is 41.9 Å². The number of carbonyl (C=O) groups excluding carboxylic acids is 2. The molecule has 174 valence electrons. The van der Waals surface area contributed by atoms with Crippen LogP contribution in [0.15, 0.2) is 48.5 Å². The first-order chi connectivity index (χ1) is 14.9. The van der Waals surface area contributed by atoms with Crippen LogP contribution in [-0.4, -0.2) is 50.0 Å². The standard InChI is InChI=1S/C23H30ClN3O4S/c1-16(2)25-23(29)18(4)26(14-19-10-12-20(24)13-11-19)22(28)15-27(32(5,30)31)21-9-7-6-8-17(21)3/h6-13,16,18H,14-15H2,1-5H3,(H,25,29)/t18-/m0/s1. The molecule has 2 rings (SSSR count). The van der Waals surface area contributed by atoms with E-state index < -0.39 is 28.5 Å². The summed E-state index contributed by atoms with van der Waals surface area (Å²) in [5.41, 5.74) is 1.92. The third-order valence-corrected chi connectivity index (χ3v) is 6.31. The molecule has 0 aliphatic carbocycles. The molecule has 0 bridgehead atoms. The fourth-order valence-electron chi connectivity index (χ4n) is 3.21. The lowest BCUT2D eigenvalue weighted by Gasteiger charge is -2.32. The van der Waals surface area contributed by atoms with E-state index in [-0.39, 0.29) is 18.5 Å². The molecule has 32 heavy (non-hydrogen) atoms. The SMILES string of the molecule is Cc1ccccc1N(CC(=O)N(Cc1ccc(Cl)cc1)[C@@H](C)C(=O)NC(C)C)S(C)(=O)=O. The van der Waals surface area contributed by atoms with E-state index in [4.69, 9.17) is 11.6 Å². The van der Waals surface area contributed by atoms with Crippen molar-refractivity contribution < 1.29 is 18.0 Å². The second kappa shape index (κ2) is 10.8. The van der Waals surface area contributed by atoms with E-state index in [9.17, 15) is 18.0 Å². The number of para-hydroxylation sites is 1. The largest absolute Gasteiger partial charge is 0.352 e. The predicted octanol–water partition coefficient (Wildman–Crippen LogP) is 3.36. The van der Waals surface area contributed by atoms with Crippen LogP contribution in [0, 0.1) is 6.92 Å². The molecule has 2 amide bonds. The number of aryl methyl sites for hydroxylation is 1. The molecule has 0 aromatic heterocycles. The van der Waals surface area contributed by atoms with Crippen LogP contribution in [0.25, 0.3) is 0 Å². The van der Waals surface area contributed by atoms with E-state index in [1.807, 2.05) is 13.8 Å². The number of anilines is 1. The van der Waals surface area contributed by atoms with Gasteiger partial charge in [-0.25, -0.2) is 8.42 Å². The van der Waals surface area contributed by atoms with Gasteiger partial charge in [-0.15, -0.1) is 0 Å². The average molecular weight is 480 g/mol. The third-order valence-electron chi connectivity index (χ3n) is 4.93. The van der Waals surface area contributed by atoms with Crippen molar-refractivity contribution in [3.8, 4) is 0 Å². The predicted molar refractivity (Wildman–Crippen MR) is 128 cm³/mol. The zero-order valence-electron chi connectivity index (χ0n) is 19.0. The maximum atomic E-state index is 13.4. The van der Waals surface area contributed by atoms with Crippen molar-refractivity contribution in [1.82, 2.24) is 10.2 Å². The maximum absolute atomic E-state index is 13.4. The Morgan fingerprint density at radius 2 is 1.62 bits per heavy atom. The first kappa shape index (κ1) is 25.7. The summed E-state index contributed by atoms with van der Waals surface area (Å²) in [6.45, 7) is 6.79. The summed E-state index contributed by atoms with van der Waals surface area (Å²) < 4.78 is 26.2. The van der Waals surface area contributed by atoms with Crippen LogP contribution in [0.4, 0.5) is 5.69 Å². The summed E-state index contributed by atoms with van der Waals surface area (Å²) >= 11 is 5.96. The minimum absolute atomic E-state index is 0.100. The van der Waals surface area contributed by atoms with E-state index in [2.05, 4.69) is 5.32 Å². The highest BCUT2D eigenvalue weighted by molar-refractivity contribution is 7.92. The highest BCUT2D eigenvalue weighted by atomic mass is 35.5. The molecule has 0 heterocycles. The molecular formula is C23H30ClN3O4S. The van der Waals surface area contributed by atoms with Gasteiger partial charge in [0.05, 0.1) is 11.9 Å². The molecule has 0 spiro atoms. The summed E-state index contributed by atoms with van der Waals surface area (Å²) in [5.74, 6) is -0.802. The molecule has 0 radical (unpaired) electrons. The number of sulfonamides is 1. The second-order valence-electron chi connectivity index (χ2n) is 8.04. The van der Waals surface area contributed by atoms with Gasteiger partial charge < -0.3 is 10.2 Å². The Morgan fingerprint density at radius 3 is 2.16 bits per heavy atom. The molecule has 2 aromatic carbocycles. The number of hydrogen-bond donors (Lipinski definition) is 1. The highest BCUT2D eigenvalue weighted by Crippen LogP contribution is 2.23. The minimum Gasteiger partial charge on any atom is -0.352 e. The van der Waals surface area contributed by atoms with Gasteiger partial charge in [-0.3, -0.25) is 13.9 Å². The van der Waals surface area contributed by atoms with E-state index >= 15 is 0 Å². The molecule has 0 unspecified atom stereocenters. The lowest BCUT2D eigenvalue weighted by Crippen LogP contribution is -2.52. The number of rotatable bonds is 9. The third kappa shape index (κ3) is 6.97. The molecule has 0 aliphatic rings. The molecule has 1 N–H and O–H groups in total. The van der Waals surface area contributed by atoms with Crippen LogP contribution >= 0.6 is 11.6 Å². The first-order valence-corrected chi connectivity index (χ1v) is 12.5. The Labute approximate surface area is 195 Å². The topological polar surface area (TPSA) is 86.8 Å². The van der Waals surface area contributed by atoms with Crippen LogP contribution in [0.1, 0.15) is 31.9 Å². The number of halogens is 1. The zero-order valence-corrected chi connectivity index (χ0v) is 20.6. The number of benzene rings is 2.